The summed E-state index contributed by atoms with van der Waals surface area (Å²) in [7, 11) is 0. The maximum Gasteiger partial charge on any atom is 0.358 e. The van der Waals surface area contributed by atoms with Gasteiger partial charge in [-0.15, -0.1) is 0 Å². The Hall–Kier alpha value is -15.3. The smallest absolute Gasteiger partial charge is 0.358 e. The maximum atomic E-state index is 12.4. The Morgan fingerprint density at radius 3 is 0.658 bits per heavy atom. The lowest BCUT2D eigenvalue weighted by atomic mass is 10.1. The van der Waals surface area contributed by atoms with Gasteiger partial charge in [-0.1, -0.05) is 194 Å². The molecule has 15 aromatic carbocycles. The number of rotatable bonds is 26. The molecule has 0 bridgehead atoms. The van der Waals surface area contributed by atoms with Crippen LogP contribution in [0.2, 0.25) is 0 Å². The zero-order valence-electron chi connectivity index (χ0n) is 63.5. The van der Waals surface area contributed by atoms with E-state index in [1.165, 1.54) is 49.3 Å². The van der Waals surface area contributed by atoms with Crippen LogP contribution >= 0.6 is 0 Å². The van der Waals surface area contributed by atoms with Gasteiger partial charge in [0.1, 0.15) is 80.7 Å². The highest BCUT2D eigenvalue weighted by Crippen LogP contribution is 2.39. The van der Waals surface area contributed by atoms with Crippen molar-refractivity contribution in [2.45, 2.75) is 46.2 Å². The summed E-state index contributed by atoms with van der Waals surface area (Å²) in [5, 5.41) is 19.8. The molecule has 14 nitrogen and oxygen atoms in total. The molecule has 0 saturated heterocycles. The number of hydrogen-bond donors (Lipinski definition) is 1. The summed E-state index contributed by atoms with van der Waals surface area (Å²) in [6.07, 6.45) is 1.43. The fraction of sp³-hybridized carbons (Fsp3) is 0.0680. The molecule has 0 aliphatic heterocycles. The number of hydrogen-bond acceptors (Lipinski definition) is 9. The first-order chi connectivity index (χ1) is 57.8. The van der Waals surface area contributed by atoms with E-state index in [4.69, 9.17) is 33.2 Å². The van der Waals surface area contributed by atoms with E-state index in [1.807, 2.05) is 54.6 Å². The molecule has 0 amide bonds. The van der Waals surface area contributed by atoms with Crippen molar-refractivity contribution < 1.29 is 43.1 Å². The van der Waals surface area contributed by atoms with Crippen LogP contribution in [0.4, 0.5) is 0 Å². The molecular weight excluding hydrogens is 1450 g/mol. The third-order valence-electron chi connectivity index (χ3n) is 21.7. The number of para-hydroxylation sites is 8. The van der Waals surface area contributed by atoms with Gasteiger partial charge in [-0.25, -0.2) is 9.78 Å². The number of pyridine rings is 1. The standard InChI is InChI=1S/C103H75N5O9/c109-103(110)102-101(34-17-51-104-102)117-67-74-56-83(115-65-72-52-79(111-61-68-35-43-75(44-36-68)105-93-26-9-1-18-85(93)86-19-2-10-27-94(86)105)58-80(53-72)112-62-69-37-45-76(46-38-69)106-95-28-11-3-20-87(95)88-21-4-12-29-96(88)106)60-84(57-74)116-66-73-54-81(113-63-70-39-47-77(48-40-70)107-97-30-13-5-22-89(97)90-23-6-14-31-98(90)107)59-82(55-73)114-64-71-41-49-78(50-42-71)108-99-32-15-7-24-91(99)92-25-8-16-33-100(92)108/h1-60H,61-67H2,(H,109,110). The van der Waals surface area contributed by atoms with Crippen LogP contribution in [-0.4, -0.2) is 34.3 Å². The topological polar surface area (TPSA) is 135 Å². The lowest BCUT2D eigenvalue weighted by Gasteiger charge is -2.16. The summed E-state index contributed by atoms with van der Waals surface area (Å²) < 4.78 is 55.9. The van der Waals surface area contributed by atoms with Gasteiger partial charge in [0.25, 0.3) is 0 Å². The van der Waals surface area contributed by atoms with Crippen molar-refractivity contribution in [3.8, 4) is 63.0 Å². The van der Waals surface area contributed by atoms with Crippen LogP contribution in [0.3, 0.4) is 0 Å². The van der Waals surface area contributed by atoms with E-state index in [1.54, 1.807) is 12.1 Å². The van der Waals surface area contributed by atoms with Crippen LogP contribution < -0.4 is 33.2 Å². The van der Waals surface area contributed by atoms with Crippen molar-refractivity contribution in [1.29, 1.82) is 0 Å². The number of carbonyl (C=O) groups is 1. The molecule has 5 heterocycles. The molecule has 0 unspecified atom stereocenters. The average molecular weight is 1530 g/mol. The minimum Gasteiger partial charge on any atom is -0.489 e. The van der Waals surface area contributed by atoms with E-state index in [0.29, 0.717) is 40.1 Å². The van der Waals surface area contributed by atoms with Crippen molar-refractivity contribution in [3.05, 3.63) is 409 Å². The van der Waals surface area contributed by atoms with Gasteiger partial charge in [-0.05, 0) is 185 Å². The van der Waals surface area contributed by atoms with Crippen LogP contribution in [-0.2, 0) is 46.2 Å². The van der Waals surface area contributed by atoms with E-state index in [2.05, 4.69) is 314 Å². The Balaban J connectivity index is 0.589. The first-order valence-corrected chi connectivity index (χ1v) is 39.1. The second kappa shape index (κ2) is 31.0. The molecule has 14 heteroatoms. The minimum atomic E-state index is -1.21. The molecule has 117 heavy (non-hydrogen) atoms. The van der Waals surface area contributed by atoms with Gasteiger partial charge in [0, 0.05) is 90.2 Å². The Morgan fingerprint density at radius 1 is 0.231 bits per heavy atom. The molecule has 0 spiro atoms. The van der Waals surface area contributed by atoms with E-state index >= 15 is 0 Å². The summed E-state index contributed by atoms with van der Waals surface area (Å²) in [6, 6.07) is 123. The van der Waals surface area contributed by atoms with Gasteiger partial charge in [0.15, 0.2) is 11.4 Å². The van der Waals surface area contributed by atoms with Crippen molar-refractivity contribution in [2.75, 3.05) is 0 Å². The molecule has 0 radical (unpaired) electrons. The number of aromatic nitrogens is 5. The molecule has 20 rings (SSSR count). The zero-order valence-corrected chi connectivity index (χ0v) is 63.5. The van der Waals surface area contributed by atoms with Gasteiger partial charge in [0.2, 0.25) is 0 Å². The predicted molar refractivity (Wildman–Crippen MR) is 464 cm³/mol. The summed E-state index contributed by atoms with van der Waals surface area (Å²) in [6.45, 7) is 1.28. The van der Waals surface area contributed by atoms with E-state index < -0.39 is 5.97 Å². The number of aromatic carboxylic acids is 1. The molecule has 0 atom stereocenters. The third kappa shape index (κ3) is 14.2. The van der Waals surface area contributed by atoms with Crippen molar-refractivity contribution in [3.63, 3.8) is 0 Å². The molecule has 566 valence electrons. The summed E-state index contributed by atoms with van der Waals surface area (Å²) in [5.74, 6) is 2.19. The summed E-state index contributed by atoms with van der Waals surface area (Å²) in [5.41, 5.74) is 19.3. The first kappa shape index (κ1) is 70.8. The van der Waals surface area contributed by atoms with Gasteiger partial charge < -0.3 is 56.5 Å². The lowest BCUT2D eigenvalue weighted by Crippen LogP contribution is -2.06. The highest BCUT2D eigenvalue weighted by molar-refractivity contribution is 6.12. The van der Waals surface area contributed by atoms with Gasteiger partial charge in [0.05, 0.1) is 44.1 Å². The second-order valence-electron chi connectivity index (χ2n) is 29.3. The fourth-order valence-electron chi connectivity index (χ4n) is 16.2. The van der Waals surface area contributed by atoms with E-state index in [0.717, 1.165) is 100 Å². The van der Waals surface area contributed by atoms with Crippen molar-refractivity contribution in [2.24, 2.45) is 0 Å². The quantitative estimate of drug-likeness (QED) is 0.0558. The van der Waals surface area contributed by atoms with Gasteiger partial charge in [-0.2, -0.15) is 0 Å². The Kier molecular flexibility index (Phi) is 18.8. The van der Waals surface area contributed by atoms with E-state index in [9.17, 15) is 9.90 Å². The molecule has 0 aliphatic carbocycles. The summed E-state index contributed by atoms with van der Waals surface area (Å²) in [4.78, 5) is 16.5. The number of fused-ring (bicyclic) bond motifs is 12. The maximum absolute atomic E-state index is 12.4. The normalized spacial score (nSPS) is 11.6. The Labute approximate surface area is 673 Å². The number of benzene rings is 15. The molecule has 20 aromatic rings. The lowest BCUT2D eigenvalue weighted by molar-refractivity contribution is 0.0684. The van der Waals surface area contributed by atoms with Crippen LogP contribution in [0.25, 0.3) is 110 Å². The van der Waals surface area contributed by atoms with Crippen molar-refractivity contribution in [1.82, 2.24) is 23.3 Å². The molecule has 0 aliphatic rings. The van der Waals surface area contributed by atoms with Crippen molar-refractivity contribution >= 4 is 93.2 Å². The summed E-state index contributed by atoms with van der Waals surface area (Å²) >= 11 is 0. The Bertz CT molecular complexity index is 6160. The predicted octanol–water partition coefficient (Wildman–Crippen LogP) is 24.2. The second-order valence-corrected chi connectivity index (χ2v) is 29.3. The third-order valence-corrected chi connectivity index (χ3v) is 21.7. The minimum absolute atomic E-state index is 0.0411. The average Bonchev–Trinajstić information content (AvgIpc) is 1.62. The van der Waals surface area contributed by atoms with Gasteiger partial charge in [-0.3, -0.25) is 0 Å². The van der Waals surface area contributed by atoms with Crippen LogP contribution in [0.1, 0.15) is 49.4 Å². The highest BCUT2D eigenvalue weighted by Gasteiger charge is 2.20. The van der Waals surface area contributed by atoms with Crippen LogP contribution in [0, 0.1) is 0 Å². The fourth-order valence-corrected chi connectivity index (χ4v) is 16.2. The number of carboxylic acids is 1. The molecule has 0 fully saturated rings. The highest BCUT2D eigenvalue weighted by atomic mass is 16.5. The SMILES string of the molecule is O=C(O)c1ncccc1OCc1cc(OCc2cc(OCc3ccc(-n4c5ccccc5c5ccccc54)cc3)cc(OCc3ccc(-n4c5ccccc5c5ccccc54)cc3)c2)cc(OCc2cc(OCc3ccc(-n4c5ccccc5c5ccccc54)cc3)cc(OCc3ccc(-n4c5ccccc5c5ccccc54)cc3)c2)c1. The number of nitrogens with zero attached hydrogens (tertiary/aromatic N) is 5. The molecule has 1 N–H and O–H groups in total. The number of carboxylic acid groups (broad SMARTS) is 1. The Morgan fingerprint density at radius 2 is 0.436 bits per heavy atom. The largest absolute Gasteiger partial charge is 0.489 e. The van der Waals surface area contributed by atoms with Crippen LogP contribution in [0.15, 0.2) is 364 Å². The first-order valence-electron chi connectivity index (χ1n) is 39.1. The van der Waals surface area contributed by atoms with Gasteiger partial charge >= 0.3 is 5.97 Å². The molecule has 5 aromatic heterocycles. The monoisotopic (exact) mass is 1530 g/mol. The number of ether oxygens (including phenoxy) is 7. The van der Waals surface area contributed by atoms with E-state index in [-0.39, 0.29) is 57.7 Å². The van der Waals surface area contributed by atoms with Crippen LogP contribution in [0.5, 0.6) is 40.2 Å². The molecule has 0 saturated carbocycles. The zero-order chi connectivity index (χ0) is 78.1. The molecular formula is C103H75N5O9.